The second-order valence-corrected chi connectivity index (χ2v) is 5.81. The van der Waals surface area contributed by atoms with E-state index in [4.69, 9.17) is 10.8 Å². The fraction of sp³-hybridized carbons (Fsp3) is 0.500. The van der Waals surface area contributed by atoms with E-state index >= 15 is 0 Å². The molecule has 4 N–H and O–H groups in total. The lowest BCUT2D eigenvalue weighted by molar-refractivity contribution is -0.122. The normalized spacial score (nSPS) is 16.6. The number of hydrogen-bond donors (Lipinski definition) is 3. The molecule has 0 unspecified atom stereocenters. The van der Waals surface area contributed by atoms with Crippen LogP contribution in [0.2, 0.25) is 0 Å². The molecule has 1 fully saturated rings. The van der Waals surface area contributed by atoms with Crippen LogP contribution in [-0.2, 0) is 11.2 Å². The molecule has 21 heavy (non-hydrogen) atoms. The molecule has 0 saturated heterocycles. The first kappa shape index (κ1) is 15.5. The minimum Gasteiger partial charge on any atom is -0.478 e. The first-order valence-electron chi connectivity index (χ1n) is 7.37. The molecule has 1 aliphatic carbocycles. The zero-order chi connectivity index (χ0) is 15.3. The van der Waals surface area contributed by atoms with Crippen LogP contribution < -0.4 is 11.1 Å². The quantitative estimate of drug-likeness (QED) is 0.743. The molecule has 1 aliphatic rings. The van der Waals surface area contributed by atoms with E-state index in [1.807, 2.05) is 0 Å². The van der Waals surface area contributed by atoms with Crippen molar-refractivity contribution in [3.05, 3.63) is 35.4 Å². The number of carbonyl (C=O) groups is 2. The van der Waals surface area contributed by atoms with Crippen molar-refractivity contribution in [2.45, 2.75) is 44.1 Å². The van der Waals surface area contributed by atoms with Crippen molar-refractivity contribution < 1.29 is 14.7 Å². The van der Waals surface area contributed by atoms with Gasteiger partial charge in [0.15, 0.2) is 0 Å². The lowest BCUT2D eigenvalue weighted by Crippen LogP contribution is -2.42. The number of carboxylic acids is 1. The number of amides is 1. The van der Waals surface area contributed by atoms with E-state index in [1.165, 1.54) is 0 Å². The summed E-state index contributed by atoms with van der Waals surface area (Å²) in [7, 11) is 0. The van der Waals surface area contributed by atoms with Crippen molar-refractivity contribution in [3.8, 4) is 0 Å². The van der Waals surface area contributed by atoms with Crippen LogP contribution in [0.3, 0.4) is 0 Å². The van der Waals surface area contributed by atoms with Gasteiger partial charge in [-0.1, -0.05) is 31.0 Å². The Hall–Kier alpha value is -1.88. The average molecular weight is 290 g/mol. The third-order valence-corrected chi connectivity index (χ3v) is 4.08. The molecule has 0 aromatic heterocycles. The summed E-state index contributed by atoms with van der Waals surface area (Å²) in [5.41, 5.74) is 6.84. The topological polar surface area (TPSA) is 92.4 Å². The molecule has 1 aromatic rings. The Kier molecular flexibility index (Phi) is 4.96. The molecule has 1 amide bonds. The highest BCUT2D eigenvalue weighted by Gasteiger charge is 2.31. The highest BCUT2D eigenvalue weighted by Crippen LogP contribution is 2.29. The second kappa shape index (κ2) is 6.72. The molecule has 0 spiro atoms. The maximum atomic E-state index is 11.9. The molecule has 5 nitrogen and oxygen atoms in total. The maximum Gasteiger partial charge on any atom is 0.335 e. The summed E-state index contributed by atoms with van der Waals surface area (Å²) in [5, 5.41) is 11.9. The van der Waals surface area contributed by atoms with Gasteiger partial charge in [-0.3, -0.25) is 4.79 Å². The van der Waals surface area contributed by atoms with Crippen molar-refractivity contribution >= 4 is 11.9 Å². The zero-order valence-corrected chi connectivity index (χ0v) is 12.1. The van der Waals surface area contributed by atoms with Gasteiger partial charge in [-0.15, -0.1) is 0 Å². The van der Waals surface area contributed by atoms with E-state index in [-0.39, 0.29) is 17.0 Å². The van der Waals surface area contributed by atoms with Crippen molar-refractivity contribution in [2.24, 2.45) is 5.73 Å². The van der Waals surface area contributed by atoms with Crippen LogP contribution >= 0.6 is 0 Å². The highest BCUT2D eigenvalue weighted by molar-refractivity contribution is 5.89. The summed E-state index contributed by atoms with van der Waals surface area (Å²) >= 11 is 0. The minimum absolute atomic E-state index is 0.0489. The van der Waals surface area contributed by atoms with Gasteiger partial charge in [0.25, 0.3) is 0 Å². The fourth-order valence-electron chi connectivity index (χ4n) is 2.92. The second-order valence-electron chi connectivity index (χ2n) is 5.81. The number of nitrogens with two attached hydrogens (primary N) is 1. The number of aromatic carboxylic acids is 1. The SMILES string of the molecule is NC1(CC(=O)NCCc2ccccc2C(=O)O)CCCC1. The van der Waals surface area contributed by atoms with Crippen molar-refractivity contribution in [1.82, 2.24) is 5.32 Å². The number of carboxylic acid groups (broad SMARTS) is 1. The Bertz CT molecular complexity index is 522. The first-order chi connectivity index (χ1) is 10.0. The Balaban J connectivity index is 1.81. The zero-order valence-electron chi connectivity index (χ0n) is 12.1. The lowest BCUT2D eigenvalue weighted by Gasteiger charge is -2.22. The van der Waals surface area contributed by atoms with E-state index < -0.39 is 5.97 Å². The van der Waals surface area contributed by atoms with Crippen molar-refractivity contribution in [2.75, 3.05) is 6.54 Å². The monoisotopic (exact) mass is 290 g/mol. The van der Waals surface area contributed by atoms with Crippen LogP contribution in [0.5, 0.6) is 0 Å². The summed E-state index contributed by atoms with van der Waals surface area (Å²) in [6.45, 7) is 0.430. The van der Waals surface area contributed by atoms with Gasteiger partial charge in [0.2, 0.25) is 5.91 Å². The van der Waals surface area contributed by atoms with Crippen LogP contribution in [-0.4, -0.2) is 29.1 Å². The molecular weight excluding hydrogens is 268 g/mol. The van der Waals surface area contributed by atoms with Gasteiger partial charge in [0.05, 0.1) is 5.56 Å². The Morgan fingerprint density at radius 2 is 1.90 bits per heavy atom. The first-order valence-corrected chi connectivity index (χ1v) is 7.37. The lowest BCUT2D eigenvalue weighted by atomic mass is 9.94. The molecule has 5 heteroatoms. The summed E-state index contributed by atoms with van der Waals surface area (Å²) in [6.07, 6.45) is 4.86. The predicted molar refractivity (Wildman–Crippen MR) is 80.1 cm³/mol. The van der Waals surface area contributed by atoms with Gasteiger partial charge < -0.3 is 16.2 Å². The minimum atomic E-state index is -0.941. The highest BCUT2D eigenvalue weighted by atomic mass is 16.4. The maximum absolute atomic E-state index is 11.9. The van der Waals surface area contributed by atoms with Crippen molar-refractivity contribution in [1.29, 1.82) is 0 Å². The van der Waals surface area contributed by atoms with Crippen LogP contribution in [0, 0.1) is 0 Å². The molecule has 0 heterocycles. The smallest absolute Gasteiger partial charge is 0.335 e. The van der Waals surface area contributed by atoms with Gasteiger partial charge in [-0.05, 0) is 30.9 Å². The fourth-order valence-corrected chi connectivity index (χ4v) is 2.92. The number of rotatable bonds is 6. The standard InChI is InChI=1S/C16H22N2O3/c17-16(8-3-4-9-16)11-14(19)18-10-7-12-5-1-2-6-13(12)15(20)21/h1-2,5-6H,3-4,7-11,17H2,(H,18,19)(H,20,21). The van der Waals surface area contributed by atoms with Crippen molar-refractivity contribution in [3.63, 3.8) is 0 Å². The number of nitrogens with one attached hydrogen (secondary N) is 1. The molecule has 0 bridgehead atoms. The van der Waals surface area contributed by atoms with E-state index in [0.717, 1.165) is 31.2 Å². The van der Waals surface area contributed by atoms with E-state index in [9.17, 15) is 9.59 Å². The summed E-state index contributed by atoms with van der Waals surface area (Å²) in [4.78, 5) is 23.0. The molecule has 1 aromatic carbocycles. The Morgan fingerprint density at radius 1 is 1.24 bits per heavy atom. The largest absolute Gasteiger partial charge is 0.478 e. The van der Waals surface area contributed by atoms with E-state index in [1.54, 1.807) is 24.3 Å². The summed E-state index contributed by atoms with van der Waals surface area (Å²) < 4.78 is 0. The van der Waals surface area contributed by atoms with E-state index in [2.05, 4.69) is 5.32 Å². The summed E-state index contributed by atoms with van der Waals surface area (Å²) in [5.74, 6) is -0.990. The summed E-state index contributed by atoms with van der Waals surface area (Å²) in [6, 6.07) is 6.85. The molecule has 0 aliphatic heterocycles. The molecule has 0 atom stereocenters. The molecule has 2 rings (SSSR count). The van der Waals surface area contributed by atoms with E-state index in [0.29, 0.717) is 19.4 Å². The van der Waals surface area contributed by atoms with Crippen LogP contribution in [0.4, 0.5) is 0 Å². The number of carbonyl (C=O) groups excluding carboxylic acids is 1. The third kappa shape index (κ3) is 4.29. The molecule has 0 radical (unpaired) electrons. The van der Waals surface area contributed by atoms with Crippen LogP contribution in [0.15, 0.2) is 24.3 Å². The van der Waals surface area contributed by atoms with Gasteiger partial charge in [-0.2, -0.15) is 0 Å². The van der Waals surface area contributed by atoms with Gasteiger partial charge in [-0.25, -0.2) is 4.79 Å². The average Bonchev–Trinajstić information content (AvgIpc) is 2.85. The Labute approximate surface area is 124 Å². The third-order valence-electron chi connectivity index (χ3n) is 4.08. The van der Waals surface area contributed by atoms with Gasteiger partial charge in [0, 0.05) is 18.5 Å². The van der Waals surface area contributed by atoms with Crippen LogP contribution in [0.1, 0.15) is 48.0 Å². The predicted octanol–water partition coefficient (Wildman–Crippen LogP) is 1.71. The molecule has 1 saturated carbocycles. The van der Waals surface area contributed by atoms with Gasteiger partial charge >= 0.3 is 5.97 Å². The number of benzene rings is 1. The molecule has 114 valence electrons. The Morgan fingerprint density at radius 3 is 2.57 bits per heavy atom. The number of hydrogen-bond acceptors (Lipinski definition) is 3. The molecular formula is C16H22N2O3. The van der Waals surface area contributed by atoms with Gasteiger partial charge in [0.1, 0.15) is 0 Å². The van der Waals surface area contributed by atoms with Crippen LogP contribution in [0.25, 0.3) is 0 Å².